The molecular formula is C32H34O10. The number of aliphatic hydroxyl groups is 2. The van der Waals surface area contributed by atoms with Crippen molar-refractivity contribution >= 4 is 11.6 Å². The molecule has 4 N–H and O–H groups in total. The van der Waals surface area contributed by atoms with Gasteiger partial charge in [0.15, 0.2) is 22.8 Å². The maximum Gasteiger partial charge on any atom is 0.200 e. The monoisotopic (exact) mass is 578 g/mol. The van der Waals surface area contributed by atoms with E-state index in [4.69, 9.17) is 18.9 Å². The average molecular weight is 579 g/mol. The fraction of sp³-hybridized carbons (Fsp3) is 0.438. The maximum atomic E-state index is 13.9. The van der Waals surface area contributed by atoms with E-state index >= 15 is 0 Å². The van der Waals surface area contributed by atoms with Gasteiger partial charge in [0.2, 0.25) is 0 Å². The molecule has 0 fully saturated rings. The van der Waals surface area contributed by atoms with Crippen molar-refractivity contribution in [1.82, 2.24) is 0 Å². The average Bonchev–Trinajstić information content (AvgIpc) is 2.92. The van der Waals surface area contributed by atoms with Crippen molar-refractivity contribution in [3.63, 3.8) is 0 Å². The second kappa shape index (κ2) is 9.40. The number of phenolic OH excluding ortho intramolecular Hbond substituents is 2. The highest BCUT2D eigenvalue weighted by Crippen LogP contribution is 2.56. The second-order valence-corrected chi connectivity index (χ2v) is 11.8. The lowest BCUT2D eigenvalue weighted by Crippen LogP contribution is -2.58. The number of carbonyl (C=O) groups excluding carboxylic acids is 2. The number of methoxy groups -OCH3 is 2. The molecule has 4 aliphatic rings. The first kappa shape index (κ1) is 28.4. The van der Waals surface area contributed by atoms with Gasteiger partial charge in [-0.25, -0.2) is 0 Å². The Morgan fingerprint density at radius 3 is 1.40 bits per heavy atom. The highest BCUT2D eigenvalue weighted by atomic mass is 16.5. The molecular weight excluding hydrogens is 544 g/mol. The highest BCUT2D eigenvalue weighted by molar-refractivity contribution is 6.18. The van der Waals surface area contributed by atoms with E-state index in [0.29, 0.717) is 22.3 Å². The Labute approximate surface area is 242 Å². The number of hydrogen-bond acceptors (Lipinski definition) is 10. The first-order valence-electron chi connectivity index (χ1n) is 13.8. The van der Waals surface area contributed by atoms with E-state index in [1.807, 2.05) is 0 Å². The molecule has 6 rings (SSSR count). The summed E-state index contributed by atoms with van der Waals surface area (Å²) < 4.78 is 23.9. The quantitative estimate of drug-likeness (QED) is 0.426. The van der Waals surface area contributed by atoms with Gasteiger partial charge < -0.3 is 39.4 Å². The summed E-state index contributed by atoms with van der Waals surface area (Å²) in [5.74, 6) is -1.59. The Kier molecular flexibility index (Phi) is 6.36. The molecule has 0 bridgehead atoms. The number of ether oxygens (including phenoxy) is 4. The molecule has 0 radical (unpaired) electrons. The lowest BCUT2D eigenvalue weighted by Gasteiger charge is -2.47. The van der Waals surface area contributed by atoms with E-state index in [9.17, 15) is 30.0 Å². The van der Waals surface area contributed by atoms with Crippen molar-refractivity contribution < 1.29 is 49.0 Å². The molecule has 0 aromatic heterocycles. The molecule has 2 aliphatic heterocycles. The molecule has 222 valence electrons. The summed E-state index contributed by atoms with van der Waals surface area (Å²) in [5, 5.41) is 44.5. The summed E-state index contributed by atoms with van der Waals surface area (Å²) >= 11 is 0. The number of rotatable bonds is 3. The van der Waals surface area contributed by atoms with Crippen molar-refractivity contribution in [2.75, 3.05) is 14.2 Å². The van der Waals surface area contributed by atoms with Crippen LogP contribution >= 0.6 is 0 Å². The summed E-state index contributed by atoms with van der Waals surface area (Å²) in [6.07, 6.45) is 0.197. The number of Topliss-reactive ketones (excluding diaryl/α,β-unsaturated/α-hetero) is 2. The largest absolute Gasteiger partial charge is 0.507 e. The molecule has 10 nitrogen and oxygen atoms in total. The van der Waals surface area contributed by atoms with E-state index in [0.717, 1.165) is 0 Å². The smallest absolute Gasteiger partial charge is 0.200 e. The first-order valence-corrected chi connectivity index (χ1v) is 13.8. The minimum absolute atomic E-state index is 0.00504. The van der Waals surface area contributed by atoms with Gasteiger partial charge in [-0.2, -0.15) is 0 Å². The predicted octanol–water partition coefficient (Wildman–Crippen LogP) is 3.46. The van der Waals surface area contributed by atoms with Gasteiger partial charge in [-0.1, -0.05) is 12.2 Å². The van der Waals surface area contributed by atoms with Crippen molar-refractivity contribution in [1.29, 1.82) is 0 Å². The molecule has 0 saturated carbocycles. The van der Waals surface area contributed by atoms with Crippen LogP contribution in [0, 0.1) is 13.8 Å². The SMILES string of the molecule is CO[C@H]1CC=C2C(=O)c3c(O)cc(C)c(-c4c(C)cc(O)c5c4O[C@]4(C)C(=CC[C@H](OC)[C@H]4O)C5=O)c3O[C@@]2(C)[C@@H]1O. The number of carbonyl (C=O) groups is 2. The summed E-state index contributed by atoms with van der Waals surface area (Å²) in [5.41, 5.74) is -1.13. The van der Waals surface area contributed by atoms with Crippen molar-refractivity contribution in [2.24, 2.45) is 0 Å². The van der Waals surface area contributed by atoms with Gasteiger partial charge >= 0.3 is 0 Å². The Hall–Kier alpha value is -3.70. The summed E-state index contributed by atoms with van der Waals surface area (Å²) in [6.45, 7) is 6.61. The maximum absolute atomic E-state index is 13.9. The van der Waals surface area contributed by atoms with Crippen molar-refractivity contribution in [3.05, 3.63) is 57.7 Å². The topological polar surface area (TPSA) is 152 Å². The summed E-state index contributed by atoms with van der Waals surface area (Å²) in [6, 6.07) is 2.87. The lowest BCUT2D eigenvalue weighted by atomic mass is 9.73. The number of ketones is 2. The van der Waals surface area contributed by atoms with Gasteiger partial charge in [0.25, 0.3) is 0 Å². The molecule has 0 unspecified atom stereocenters. The van der Waals surface area contributed by atoms with Crippen LogP contribution in [-0.2, 0) is 9.47 Å². The van der Waals surface area contributed by atoms with Crippen molar-refractivity contribution in [3.8, 4) is 34.1 Å². The van der Waals surface area contributed by atoms with Gasteiger partial charge in [-0.05, 0) is 63.8 Å². The van der Waals surface area contributed by atoms with Crippen LogP contribution < -0.4 is 9.47 Å². The zero-order valence-corrected chi connectivity index (χ0v) is 24.3. The van der Waals surface area contributed by atoms with Crippen molar-refractivity contribution in [2.45, 2.75) is 76.2 Å². The van der Waals surface area contributed by atoms with Gasteiger partial charge in [0.1, 0.15) is 46.3 Å². The van der Waals surface area contributed by atoms with Gasteiger partial charge in [0, 0.05) is 36.5 Å². The third-order valence-electron chi connectivity index (χ3n) is 9.35. The molecule has 42 heavy (non-hydrogen) atoms. The van der Waals surface area contributed by atoms with E-state index < -0.39 is 47.2 Å². The number of fused-ring (bicyclic) bond motifs is 4. The standard InChI is InChI=1S/C32H34O10/c1-13-11-17(33)23-25(35)15-7-9-19(39-5)29(37)31(15,3)41-27(23)21(13)22-14(2)12-18(34)24-26(36)16-8-10-20(40-6)30(38)32(16,4)42-28(22)24/h7-8,11-12,19-20,29-30,33-34,37-38H,9-10H2,1-6H3/t19-,20-,29+,30+,31+,32+/m0/s1. The number of phenols is 2. The summed E-state index contributed by atoms with van der Waals surface area (Å²) in [7, 11) is 2.93. The van der Waals surface area contributed by atoms with E-state index in [1.165, 1.54) is 26.4 Å². The van der Waals surface area contributed by atoms with Crippen LogP contribution in [0.15, 0.2) is 35.4 Å². The molecule has 2 aliphatic carbocycles. The zero-order valence-electron chi connectivity index (χ0n) is 24.3. The number of benzene rings is 2. The van der Waals surface area contributed by atoms with Crippen LogP contribution in [-0.4, -0.2) is 81.8 Å². The molecule has 2 aromatic carbocycles. The first-order chi connectivity index (χ1) is 19.8. The molecule has 0 amide bonds. The Morgan fingerprint density at radius 1 is 0.714 bits per heavy atom. The predicted molar refractivity (Wildman–Crippen MR) is 150 cm³/mol. The third-order valence-corrected chi connectivity index (χ3v) is 9.35. The number of hydrogen-bond donors (Lipinski definition) is 4. The second-order valence-electron chi connectivity index (χ2n) is 11.8. The fourth-order valence-corrected chi connectivity index (χ4v) is 6.97. The van der Waals surface area contributed by atoms with Crippen LogP contribution in [0.25, 0.3) is 11.1 Å². The minimum Gasteiger partial charge on any atom is -0.507 e. The fourth-order valence-electron chi connectivity index (χ4n) is 6.97. The molecule has 2 heterocycles. The van der Waals surface area contributed by atoms with Crippen LogP contribution in [0.2, 0.25) is 0 Å². The van der Waals surface area contributed by atoms with Gasteiger partial charge in [0.05, 0.1) is 12.2 Å². The van der Waals surface area contributed by atoms with Gasteiger partial charge in [-0.3, -0.25) is 9.59 Å². The number of aromatic hydroxyl groups is 2. The Balaban J connectivity index is 1.64. The number of aryl methyl sites for hydroxylation is 2. The molecule has 0 spiro atoms. The Morgan fingerprint density at radius 2 is 1.07 bits per heavy atom. The normalized spacial score (nSPS) is 31.5. The van der Waals surface area contributed by atoms with Crippen LogP contribution in [0.5, 0.6) is 23.0 Å². The van der Waals surface area contributed by atoms with E-state index in [-0.39, 0.29) is 58.1 Å². The van der Waals surface area contributed by atoms with Crippen LogP contribution in [0.4, 0.5) is 0 Å². The number of aliphatic hydroxyl groups excluding tert-OH is 2. The molecule has 6 atom stereocenters. The minimum atomic E-state index is -1.51. The Bertz CT molecular complexity index is 1500. The van der Waals surface area contributed by atoms with E-state index in [1.54, 1.807) is 39.8 Å². The lowest BCUT2D eigenvalue weighted by molar-refractivity contribution is -0.103. The molecule has 2 aromatic rings. The molecule has 10 heteroatoms. The zero-order chi connectivity index (χ0) is 30.5. The molecule has 0 saturated heterocycles. The van der Waals surface area contributed by atoms with Crippen LogP contribution in [0.1, 0.15) is 58.5 Å². The highest BCUT2D eigenvalue weighted by Gasteiger charge is 2.55. The van der Waals surface area contributed by atoms with Crippen LogP contribution in [0.3, 0.4) is 0 Å². The van der Waals surface area contributed by atoms with E-state index in [2.05, 4.69) is 0 Å². The van der Waals surface area contributed by atoms with Gasteiger partial charge in [-0.15, -0.1) is 0 Å². The summed E-state index contributed by atoms with van der Waals surface area (Å²) in [4.78, 5) is 27.8. The third kappa shape index (κ3) is 3.59.